The number of fused-ring (bicyclic) bond motifs is 1. The van der Waals surface area contributed by atoms with Crippen molar-refractivity contribution in [1.29, 1.82) is 0 Å². The van der Waals surface area contributed by atoms with Crippen LogP contribution in [-0.2, 0) is 0 Å². The van der Waals surface area contributed by atoms with Gasteiger partial charge in [0.25, 0.3) is 0 Å². The molecule has 3 aromatic heterocycles. The van der Waals surface area contributed by atoms with E-state index in [-0.39, 0.29) is 0 Å². The second-order valence-electron chi connectivity index (χ2n) is 5.51. The van der Waals surface area contributed by atoms with E-state index in [0.29, 0.717) is 12.0 Å². The summed E-state index contributed by atoms with van der Waals surface area (Å²) in [6.07, 6.45) is 10.3. The van der Waals surface area contributed by atoms with Crippen molar-refractivity contribution in [2.75, 3.05) is 23.3 Å². The zero-order chi connectivity index (χ0) is 14.9. The van der Waals surface area contributed by atoms with E-state index in [1.807, 2.05) is 36.0 Å². The Balaban J connectivity index is 1.51. The van der Waals surface area contributed by atoms with Crippen LogP contribution < -0.4 is 10.2 Å². The standard InChI is InChI=1S/C15H17N7/c1-11-2-4-18-15(19-11)20-12-3-7-22(10-12)14-13-16-5-8-21(13)9-6-17-14/h2,4-6,8-9,12H,3,7,10H2,1H3,(H,18,19,20). The number of anilines is 2. The highest BCUT2D eigenvalue weighted by molar-refractivity contribution is 5.64. The third-order valence-corrected chi connectivity index (χ3v) is 3.91. The average Bonchev–Trinajstić information content (AvgIpc) is 3.15. The predicted molar refractivity (Wildman–Crippen MR) is 84.0 cm³/mol. The number of aromatic nitrogens is 5. The number of nitrogens with zero attached hydrogens (tertiary/aromatic N) is 6. The summed E-state index contributed by atoms with van der Waals surface area (Å²) in [6.45, 7) is 3.79. The average molecular weight is 295 g/mol. The van der Waals surface area contributed by atoms with Crippen LogP contribution in [0.2, 0.25) is 0 Å². The van der Waals surface area contributed by atoms with Gasteiger partial charge in [0.05, 0.1) is 0 Å². The Kier molecular flexibility index (Phi) is 3.10. The van der Waals surface area contributed by atoms with Crippen molar-refractivity contribution in [1.82, 2.24) is 24.3 Å². The fraction of sp³-hybridized carbons (Fsp3) is 0.333. The quantitative estimate of drug-likeness (QED) is 0.790. The van der Waals surface area contributed by atoms with Gasteiger partial charge in [0.2, 0.25) is 5.95 Å². The maximum absolute atomic E-state index is 4.50. The minimum absolute atomic E-state index is 0.318. The van der Waals surface area contributed by atoms with Gasteiger partial charge in [-0.25, -0.2) is 19.9 Å². The molecule has 1 unspecified atom stereocenters. The highest BCUT2D eigenvalue weighted by Gasteiger charge is 2.25. The Morgan fingerprint density at radius 2 is 2.00 bits per heavy atom. The van der Waals surface area contributed by atoms with Gasteiger partial charge in [-0.2, -0.15) is 0 Å². The molecule has 7 heteroatoms. The summed E-state index contributed by atoms with van der Waals surface area (Å²) >= 11 is 0. The minimum atomic E-state index is 0.318. The molecule has 1 aliphatic rings. The maximum atomic E-state index is 4.50. The molecule has 0 aliphatic carbocycles. The van der Waals surface area contributed by atoms with Crippen molar-refractivity contribution < 1.29 is 0 Å². The molecule has 1 N–H and O–H groups in total. The van der Waals surface area contributed by atoms with Crippen molar-refractivity contribution in [3.63, 3.8) is 0 Å². The van der Waals surface area contributed by atoms with Crippen LogP contribution in [0, 0.1) is 6.92 Å². The van der Waals surface area contributed by atoms with E-state index in [1.165, 1.54) is 0 Å². The lowest BCUT2D eigenvalue weighted by molar-refractivity contribution is 0.789. The Morgan fingerprint density at radius 1 is 1.14 bits per heavy atom. The van der Waals surface area contributed by atoms with E-state index in [4.69, 9.17) is 0 Å². The Morgan fingerprint density at radius 3 is 2.86 bits per heavy atom. The molecule has 1 atom stereocenters. The number of nitrogens with one attached hydrogen (secondary N) is 1. The van der Waals surface area contributed by atoms with E-state index < -0.39 is 0 Å². The first-order valence-corrected chi connectivity index (χ1v) is 7.38. The summed E-state index contributed by atoms with van der Waals surface area (Å²) in [5, 5.41) is 3.40. The normalized spacial score (nSPS) is 18.0. The number of rotatable bonds is 3. The van der Waals surface area contributed by atoms with E-state index in [2.05, 4.69) is 30.2 Å². The molecule has 4 heterocycles. The molecule has 1 aliphatic heterocycles. The molecule has 1 saturated heterocycles. The molecular weight excluding hydrogens is 278 g/mol. The molecule has 3 aromatic rings. The predicted octanol–water partition coefficient (Wildman–Crippen LogP) is 1.52. The summed E-state index contributed by atoms with van der Waals surface area (Å²) < 4.78 is 1.99. The zero-order valence-corrected chi connectivity index (χ0v) is 12.3. The van der Waals surface area contributed by atoms with Crippen LogP contribution in [0.3, 0.4) is 0 Å². The van der Waals surface area contributed by atoms with Gasteiger partial charge in [0.15, 0.2) is 11.5 Å². The summed E-state index contributed by atoms with van der Waals surface area (Å²) in [7, 11) is 0. The van der Waals surface area contributed by atoms with Crippen LogP contribution in [0.25, 0.3) is 5.65 Å². The second kappa shape index (κ2) is 5.25. The third kappa shape index (κ3) is 2.34. The molecule has 22 heavy (non-hydrogen) atoms. The lowest BCUT2D eigenvalue weighted by Crippen LogP contribution is -2.27. The summed E-state index contributed by atoms with van der Waals surface area (Å²) in [5.41, 5.74) is 1.87. The topological polar surface area (TPSA) is 71.2 Å². The van der Waals surface area contributed by atoms with Gasteiger partial charge in [-0.15, -0.1) is 0 Å². The maximum Gasteiger partial charge on any atom is 0.223 e. The summed E-state index contributed by atoms with van der Waals surface area (Å²) in [5.74, 6) is 1.63. The van der Waals surface area contributed by atoms with Crippen LogP contribution in [0.15, 0.2) is 37.1 Å². The lowest BCUT2D eigenvalue weighted by Gasteiger charge is -2.18. The van der Waals surface area contributed by atoms with Crippen molar-refractivity contribution in [3.8, 4) is 0 Å². The second-order valence-corrected chi connectivity index (χ2v) is 5.51. The number of aryl methyl sites for hydroxylation is 1. The minimum Gasteiger partial charge on any atom is -0.351 e. The molecular formula is C15H17N7. The SMILES string of the molecule is Cc1ccnc(NC2CCN(c3nccn4ccnc34)C2)n1. The molecule has 7 nitrogen and oxygen atoms in total. The van der Waals surface area contributed by atoms with E-state index in [0.717, 1.165) is 36.7 Å². The van der Waals surface area contributed by atoms with E-state index in [9.17, 15) is 0 Å². The van der Waals surface area contributed by atoms with Gasteiger partial charge < -0.3 is 14.6 Å². The van der Waals surface area contributed by atoms with Gasteiger partial charge in [-0.1, -0.05) is 0 Å². The largest absolute Gasteiger partial charge is 0.351 e. The van der Waals surface area contributed by atoms with Crippen molar-refractivity contribution in [3.05, 3.63) is 42.7 Å². The molecule has 0 aromatic carbocycles. The number of hydrogen-bond acceptors (Lipinski definition) is 6. The van der Waals surface area contributed by atoms with Crippen LogP contribution >= 0.6 is 0 Å². The molecule has 4 rings (SSSR count). The van der Waals surface area contributed by atoms with E-state index in [1.54, 1.807) is 12.4 Å². The molecule has 112 valence electrons. The van der Waals surface area contributed by atoms with Gasteiger partial charge in [0.1, 0.15) is 0 Å². The van der Waals surface area contributed by atoms with Gasteiger partial charge in [0, 0.05) is 55.8 Å². The Hall–Kier alpha value is -2.70. The van der Waals surface area contributed by atoms with Crippen molar-refractivity contribution >= 4 is 17.4 Å². The molecule has 0 spiro atoms. The fourth-order valence-electron chi connectivity index (χ4n) is 2.83. The third-order valence-electron chi connectivity index (χ3n) is 3.91. The smallest absolute Gasteiger partial charge is 0.223 e. The van der Waals surface area contributed by atoms with Gasteiger partial charge in [-0.3, -0.25) is 0 Å². The van der Waals surface area contributed by atoms with Gasteiger partial charge >= 0.3 is 0 Å². The monoisotopic (exact) mass is 295 g/mol. The lowest BCUT2D eigenvalue weighted by atomic mass is 10.3. The molecule has 0 amide bonds. The first-order valence-electron chi connectivity index (χ1n) is 7.38. The van der Waals surface area contributed by atoms with Crippen molar-refractivity contribution in [2.24, 2.45) is 0 Å². The molecule has 0 bridgehead atoms. The highest BCUT2D eigenvalue weighted by Crippen LogP contribution is 2.23. The summed E-state index contributed by atoms with van der Waals surface area (Å²) in [6, 6.07) is 2.22. The number of hydrogen-bond donors (Lipinski definition) is 1. The van der Waals surface area contributed by atoms with Crippen LogP contribution in [0.1, 0.15) is 12.1 Å². The molecule has 0 radical (unpaired) electrons. The zero-order valence-electron chi connectivity index (χ0n) is 12.3. The van der Waals surface area contributed by atoms with E-state index >= 15 is 0 Å². The Labute approximate surface area is 128 Å². The molecule has 0 saturated carbocycles. The Bertz CT molecular complexity index is 797. The fourth-order valence-corrected chi connectivity index (χ4v) is 2.83. The highest BCUT2D eigenvalue weighted by atomic mass is 15.3. The molecule has 1 fully saturated rings. The first kappa shape index (κ1) is 13.0. The van der Waals surface area contributed by atoms with Crippen LogP contribution in [-0.4, -0.2) is 43.5 Å². The number of imidazole rings is 1. The van der Waals surface area contributed by atoms with Crippen LogP contribution in [0.4, 0.5) is 11.8 Å². The van der Waals surface area contributed by atoms with Crippen molar-refractivity contribution in [2.45, 2.75) is 19.4 Å². The first-order chi connectivity index (χ1) is 10.8. The van der Waals surface area contributed by atoms with Gasteiger partial charge in [-0.05, 0) is 19.4 Å². The summed E-state index contributed by atoms with van der Waals surface area (Å²) in [4.78, 5) is 19.8. The van der Waals surface area contributed by atoms with Crippen LogP contribution in [0.5, 0.6) is 0 Å².